The Labute approximate surface area is 129 Å². The summed E-state index contributed by atoms with van der Waals surface area (Å²) in [5, 5.41) is 8.70. The molecule has 3 atom stereocenters. The van der Waals surface area contributed by atoms with Gasteiger partial charge in [-0.2, -0.15) is 5.10 Å². The number of thiocarbonyl (C=S) groups is 1. The average Bonchev–Trinajstić information content (AvgIpc) is 3.03. The predicted molar refractivity (Wildman–Crippen MR) is 87.1 cm³/mol. The van der Waals surface area contributed by atoms with Crippen molar-refractivity contribution in [1.29, 1.82) is 0 Å². The first-order valence-corrected chi connectivity index (χ1v) is 7.53. The third kappa shape index (κ3) is 3.02. The summed E-state index contributed by atoms with van der Waals surface area (Å²) in [7, 11) is 0. The maximum atomic E-state index is 6.04. The first-order chi connectivity index (χ1) is 9.72. The van der Waals surface area contributed by atoms with Gasteiger partial charge >= 0.3 is 0 Å². The summed E-state index contributed by atoms with van der Waals surface area (Å²) in [6.07, 6.45) is 8.70. The van der Waals surface area contributed by atoms with Gasteiger partial charge in [0.2, 0.25) is 0 Å². The minimum Gasteiger partial charge on any atom is -0.358 e. The smallest absolute Gasteiger partial charge is 0.187 e. The molecule has 1 aromatic carbocycles. The average molecular weight is 306 g/mol. The minimum atomic E-state index is 0.445. The summed E-state index contributed by atoms with van der Waals surface area (Å²) in [6, 6.07) is 8.00. The number of nitrogens with one attached hydrogen (secondary N) is 2. The molecule has 0 aromatic heterocycles. The lowest BCUT2D eigenvalue weighted by molar-refractivity contribution is 0.521. The SMILES string of the molecule is S=C(N/N=C\c1ccccc1Cl)N[C@@H]1C[C@H]2C=C[C@H]1C2. The van der Waals surface area contributed by atoms with Gasteiger partial charge in [-0.15, -0.1) is 0 Å². The van der Waals surface area contributed by atoms with E-state index in [1.54, 1.807) is 6.21 Å². The second-order valence-electron chi connectivity index (χ2n) is 5.25. The fourth-order valence-corrected chi connectivity index (χ4v) is 3.28. The summed E-state index contributed by atoms with van der Waals surface area (Å²) >= 11 is 11.3. The molecule has 20 heavy (non-hydrogen) atoms. The maximum absolute atomic E-state index is 6.04. The van der Waals surface area contributed by atoms with Crippen molar-refractivity contribution in [3.63, 3.8) is 0 Å². The van der Waals surface area contributed by atoms with Gasteiger partial charge in [-0.05, 0) is 43.0 Å². The van der Waals surface area contributed by atoms with Gasteiger partial charge in [0.05, 0.1) is 6.21 Å². The Morgan fingerprint density at radius 1 is 1.30 bits per heavy atom. The molecular weight excluding hydrogens is 290 g/mol. The van der Waals surface area contributed by atoms with E-state index >= 15 is 0 Å². The van der Waals surface area contributed by atoms with E-state index in [0.717, 1.165) is 17.9 Å². The van der Waals surface area contributed by atoms with Crippen LogP contribution in [0.15, 0.2) is 41.5 Å². The van der Waals surface area contributed by atoms with Gasteiger partial charge < -0.3 is 5.32 Å². The first kappa shape index (κ1) is 13.6. The molecule has 104 valence electrons. The van der Waals surface area contributed by atoms with Gasteiger partial charge in [-0.25, -0.2) is 0 Å². The van der Waals surface area contributed by atoms with Crippen molar-refractivity contribution in [3.05, 3.63) is 47.0 Å². The molecule has 3 nitrogen and oxygen atoms in total. The van der Waals surface area contributed by atoms with Gasteiger partial charge in [0.1, 0.15) is 0 Å². The van der Waals surface area contributed by atoms with E-state index < -0.39 is 0 Å². The highest BCUT2D eigenvalue weighted by Crippen LogP contribution is 2.38. The van der Waals surface area contributed by atoms with Gasteiger partial charge in [-0.3, -0.25) is 5.43 Å². The van der Waals surface area contributed by atoms with Gasteiger partial charge in [-0.1, -0.05) is 42.0 Å². The zero-order chi connectivity index (χ0) is 13.9. The normalized spacial score (nSPS) is 27.1. The summed E-state index contributed by atoms with van der Waals surface area (Å²) < 4.78 is 0. The molecule has 0 unspecified atom stereocenters. The minimum absolute atomic E-state index is 0.445. The molecule has 1 saturated carbocycles. The van der Waals surface area contributed by atoms with Crippen molar-refractivity contribution in [2.45, 2.75) is 18.9 Å². The number of benzene rings is 1. The Balaban J connectivity index is 1.50. The van der Waals surface area contributed by atoms with Crippen LogP contribution in [-0.2, 0) is 0 Å². The standard InChI is InChI=1S/C15H16ClN3S/c16-13-4-2-1-3-12(13)9-17-19-15(20)18-14-8-10-5-6-11(14)7-10/h1-6,9-11,14H,7-8H2,(H2,18,19,20)/b17-9-/t10-,11-,14+/m0/s1. The number of rotatable bonds is 3. The number of hydrogen-bond donors (Lipinski definition) is 2. The molecule has 1 fully saturated rings. The molecule has 2 aliphatic carbocycles. The zero-order valence-corrected chi connectivity index (χ0v) is 12.5. The van der Waals surface area contributed by atoms with E-state index in [1.807, 2.05) is 24.3 Å². The summed E-state index contributed by atoms with van der Waals surface area (Å²) in [4.78, 5) is 0. The number of hydrogen-bond acceptors (Lipinski definition) is 2. The molecule has 2 aliphatic rings. The molecule has 0 saturated heterocycles. The van der Waals surface area contributed by atoms with Crippen molar-refractivity contribution in [2.24, 2.45) is 16.9 Å². The topological polar surface area (TPSA) is 36.4 Å². The number of allylic oxidation sites excluding steroid dienone is 1. The molecule has 0 heterocycles. The third-order valence-corrected chi connectivity index (χ3v) is 4.42. The summed E-state index contributed by atoms with van der Waals surface area (Å²) in [6.45, 7) is 0. The highest BCUT2D eigenvalue weighted by Gasteiger charge is 2.35. The molecule has 0 spiro atoms. The van der Waals surface area contributed by atoms with Crippen LogP contribution in [0.3, 0.4) is 0 Å². The molecule has 2 N–H and O–H groups in total. The van der Waals surface area contributed by atoms with Gasteiger partial charge in [0, 0.05) is 16.6 Å². The number of fused-ring (bicyclic) bond motifs is 2. The van der Waals surface area contributed by atoms with E-state index in [2.05, 4.69) is 28.0 Å². The van der Waals surface area contributed by atoms with E-state index in [0.29, 0.717) is 22.1 Å². The monoisotopic (exact) mass is 305 g/mol. The quantitative estimate of drug-likeness (QED) is 0.390. The highest BCUT2D eigenvalue weighted by atomic mass is 35.5. The van der Waals surface area contributed by atoms with Crippen molar-refractivity contribution in [1.82, 2.24) is 10.7 Å². The van der Waals surface area contributed by atoms with E-state index in [1.165, 1.54) is 6.42 Å². The van der Waals surface area contributed by atoms with Crippen molar-refractivity contribution in [3.8, 4) is 0 Å². The first-order valence-electron chi connectivity index (χ1n) is 6.75. The molecule has 0 amide bonds. The van der Waals surface area contributed by atoms with Gasteiger partial charge in [0.15, 0.2) is 5.11 Å². The van der Waals surface area contributed by atoms with Gasteiger partial charge in [0.25, 0.3) is 0 Å². The van der Waals surface area contributed by atoms with Crippen molar-refractivity contribution >= 4 is 35.1 Å². The van der Waals surface area contributed by atoms with Crippen LogP contribution < -0.4 is 10.7 Å². The highest BCUT2D eigenvalue weighted by molar-refractivity contribution is 7.80. The van der Waals surface area contributed by atoms with E-state index in [-0.39, 0.29) is 0 Å². The Kier molecular flexibility index (Phi) is 4.03. The lowest BCUT2D eigenvalue weighted by Gasteiger charge is -2.20. The van der Waals surface area contributed by atoms with Crippen LogP contribution in [-0.4, -0.2) is 17.4 Å². The molecule has 2 bridgehead atoms. The second kappa shape index (κ2) is 5.94. The maximum Gasteiger partial charge on any atom is 0.187 e. The van der Waals surface area contributed by atoms with E-state index in [9.17, 15) is 0 Å². The lowest BCUT2D eigenvalue weighted by atomic mass is 10.0. The number of hydrazone groups is 1. The molecule has 3 rings (SSSR count). The van der Waals surface area contributed by atoms with E-state index in [4.69, 9.17) is 23.8 Å². The van der Waals surface area contributed by atoms with Crippen LogP contribution >= 0.6 is 23.8 Å². The Morgan fingerprint density at radius 3 is 2.85 bits per heavy atom. The number of nitrogens with zero attached hydrogens (tertiary/aromatic N) is 1. The fourth-order valence-electron chi connectivity index (χ4n) is 2.89. The summed E-state index contributed by atoms with van der Waals surface area (Å²) in [5.74, 6) is 1.35. The van der Waals surface area contributed by atoms with Crippen molar-refractivity contribution in [2.75, 3.05) is 0 Å². The molecule has 0 radical (unpaired) electrons. The predicted octanol–water partition coefficient (Wildman–Crippen LogP) is 3.10. The molecule has 5 heteroatoms. The number of halogens is 1. The van der Waals surface area contributed by atoms with Crippen LogP contribution in [0.5, 0.6) is 0 Å². The fraction of sp³-hybridized carbons (Fsp3) is 0.333. The van der Waals surface area contributed by atoms with Crippen LogP contribution in [0, 0.1) is 11.8 Å². The van der Waals surface area contributed by atoms with Crippen LogP contribution in [0.25, 0.3) is 0 Å². The molecule has 1 aromatic rings. The Hall–Kier alpha value is -1.39. The zero-order valence-electron chi connectivity index (χ0n) is 10.9. The Morgan fingerprint density at radius 2 is 2.15 bits per heavy atom. The van der Waals surface area contributed by atoms with Crippen LogP contribution in [0.2, 0.25) is 5.02 Å². The molecular formula is C15H16ClN3S. The lowest BCUT2D eigenvalue weighted by Crippen LogP contribution is -2.42. The van der Waals surface area contributed by atoms with Crippen molar-refractivity contribution < 1.29 is 0 Å². The molecule has 0 aliphatic heterocycles. The van der Waals surface area contributed by atoms with Crippen LogP contribution in [0.4, 0.5) is 0 Å². The Bertz CT molecular complexity index is 570. The second-order valence-corrected chi connectivity index (χ2v) is 6.07. The third-order valence-electron chi connectivity index (χ3n) is 3.87. The summed E-state index contributed by atoms with van der Waals surface area (Å²) in [5.41, 5.74) is 3.72. The largest absolute Gasteiger partial charge is 0.358 e. The van der Waals surface area contributed by atoms with Crippen LogP contribution in [0.1, 0.15) is 18.4 Å².